The SMILES string of the molecule is CC(c1ccccn1)C(O)c1ccoc1Cl. The summed E-state index contributed by atoms with van der Waals surface area (Å²) < 4.78 is 4.96. The summed E-state index contributed by atoms with van der Waals surface area (Å²) in [5, 5.41) is 10.4. The molecule has 0 aliphatic rings. The molecule has 0 spiro atoms. The van der Waals surface area contributed by atoms with Crippen LogP contribution in [0.4, 0.5) is 0 Å². The zero-order valence-electron chi connectivity index (χ0n) is 8.80. The third-order valence-corrected chi connectivity index (χ3v) is 2.90. The van der Waals surface area contributed by atoms with Crippen molar-refractivity contribution in [1.29, 1.82) is 0 Å². The van der Waals surface area contributed by atoms with Crippen LogP contribution in [-0.2, 0) is 0 Å². The highest BCUT2D eigenvalue weighted by atomic mass is 35.5. The topological polar surface area (TPSA) is 46.3 Å². The Morgan fingerprint density at radius 2 is 2.19 bits per heavy atom. The largest absolute Gasteiger partial charge is 0.453 e. The van der Waals surface area contributed by atoms with Crippen molar-refractivity contribution in [2.45, 2.75) is 18.9 Å². The molecule has 2 aromatic rings. The molecule has 2 atom stereocenters. The maximum atomic E-state index is 10.1. The first-order valence-electron chi connectivity index (χ1n) is 5.02. The first kappa shape index (κ1) is 11.2. The average molecular weight is 238 g/mol. The minimum Gasteiger partial charge on any atom is -0.453 e. The third kappa shape index (κ3) is 2.10. The van der Waals surface area contributed by atoms with E-state index in [9.17, 15) is 5.11 Å². The molecule has 2 aromatic heterocycles. The fourth-order valence-electron chi connectivity index (χ4n) is 1.59. The molecule has 0 aromatic carbocycles. The van der Waals surface area contributed by atoms with Crippen LogP contribution in [0, 0.1) is 0 Å². The highest BCUT2D eigenvalue weighted by Crippen LogP contribution is 2.33. The van der Waals surface area contributed by atoms with Crippen molar-refractivity contribution in [3.8, 4) is 0 Å². The second-order valence-corrected chi connectivity index (χ2v) is 3.98. The van der Waals surface area contributed by atoms with Gasteiger partial charge in [0.1, 0.15) is 0 Å². The van der Waals surface area contributed by atoms with Gasteiger partial charge in [0.2, 0.25) is 0 Å². The number of hydrogen-bond donors (Lipinski definition) is 1. The average Bonchev–Trinajstić information content (AvgIpc) is 2.75. The van der Waals surface area contributed by atoms with Crippen molar-refractivity contribution in [3.63, 3.8) is 0 Å². The monoisotopic (exact) mass is 237 g/mol. The quantitative estimate of drug-likeness (QED) is 0.892. The number of nitrogens with zero attached hydrogens (tertiary/aromatic N) is 1. The number of aliphatic hydroxyl groups is 1. The lowest BCUT2D eigenvalue weighted by atomic mass is 9.96. The summed E-state index contributed by atoms with van der Waals surface area (Å²) in [4.78, 5) is 4.21. The van der Waals surface area contributed by atoms with Crippen molar-refractivity contribution in [1.82, 2.24) is 4.98 Å². The van der Waals surface area contributed by atoms with E-state index in [1.165, 1.54) is 6.26 Å². The Morgan fingerprint density at radius 3 is 2.75 bits per heavy atom. The third-order valence-electron chi connectivity index (χ3n) is 2.59. The van der Waals surface area contributed by atoms with Crippen molar-refractivity contribution in [3.05, 3.63) is 53.2 Å². The number of aromatic nitrogens is 1. The normalized spacial score (nSPS) is 14.7. The molecule has 0 aliphatic carbocycles. The van der Waals surface area contributed by atoms with Crippen LogP contribution in [0.15, 0.2) is 41.1 Å². The van der Waals surface area contributed by atoms with Crippen LogP contribution in [0.1, 0.15) is 30.2 Å². The van der Waals surface area contributed by atoms with Crippen LogP contribution in [0.5, 0.6) is 0 Å². The maximum Gasteiger partial charge on any atom is 0.198 e. The predicted molar refractivity (Wildman–Crippen MR) is 61.3 cm³/mol. The van der Waals surface area contributed by atoms with Crippen molar-refractivity contribution in [2.24, 2.45) is 0 Å². The molecule has 0 amide bonds. The van der Waals surface area contributed by atoms with Gasteiger partial charge in [-0.25, -0.2) is 0 Å². The molecule has 4 heteroatoms. The predicted octanol–water partition coefficient (Wildman–Crippen LogP) is 3.17. The van der Waals surface area contributed by atoms with E-state index in [0.717, 1.165) is 5.69 Å². The second kappa shape index (κ2) is 4.68. The van der Waals surface area contributed by atoms with Gasteiger partial charge in [0, 0.05) is 23.4 Å². The Labute approximate surface area is 98.7 Å². The Balaban J connectivity index is 2.23. The molecule has 0 saturated carbocycles. The summed E-state index contributed by atoms with van der Waals surface area (Å²) in [6, 6.07) is 7.28. The highest BCUT2D eigenvalue weighted by molar-refractivity contribution is 6.29. The fraction of sp³-hybridized carbons (Fsp3) is 0.250. The van der Waals surface area contributed by atoms with Crippen molar-refractivity contribution in [2.75, 3.05) is 0 Å². The van der Waals surface area contributed by atoms with Gasteiger partial charge in [-0.2, -0.15) is 0 Å². The molecule has 0 radical (unpaired) electrons. The number of rotatable bonds is 3. The molecule has 0 saturated heterocycles. The van der Waals surface area contributed by atoms with Crippen LogP contribution in [0.3, 0.4) is 0 Å². The van der Waals surface area contributed by atoms with Gasteiger partial charge < -0.3 is 9.52 Å². The molecular weight excluding hydrogens is 226 g/mol. The van der Waals surface area contributed by atoms with Crippen LogP contribution in [-0.4, -0.2) is 10.1 Å². The standard InChI is InChI=1S/C12H12ClNO2/c1-8(10-4-2-3-6-14-10)11(15)9-5-7-16-12(9)13/h2-8,11,15H,1H3. The van der Waals surface area contributed by atoms with Gasteiger partial charge >= 0.3 is 0 Å². The second-order valence-electron chi connectivity index (χ2n) is 3.64. The van der Waals surface area contributed by atoms with Gasteiger partial charge in [0.05, 0.1) is 12.4 Å². The van der Waals surface area contributed by atoms with Crippen LogP contribution in [0.25, 0.3) is 0 Å². The van der Waals surface area contributed by atoms with Gasteiger partial charge in [-0.15, -0.1) is 0 Å². The summed E-state index contributed by atoms with van der Waals surface area (Å²) in [5.74, 6) is -0.128. The lowest BCUT2D eigenvalue weighted by molar-refractivity contribution is 0.149. The Hall–Kier alpha value is -1.32. The lowest BCUT2D eigenvalue weighted by Gasteiger charge is -2.17. The Kier molecular flexibility index (Phi) is 3.27. The minimum atomic E-state index is -0.707. The summed E-state index contributed by atoms with van der Waals surface area (Å²) in [7, 11) is 0. The number of furan rings is 1. The number of aliphatic hydroxyl groups excluding tert-OH is 1. The fourth-order valence-corrected chi connectivity index (χ4v) is 1.82. The van der Waals surface area contributed by atoms with Gasteiger partial charge in [-0.05, 0) is 29.8 Å². The van der Waals surface area contributed by atoms with Gasteiger partial charge in [0.15, 0.2) is 5.22 Å². The first-order valence-corrected chi connectivity index (χ1v) is 5.40. The summed E-state index contributed by atoms with van der Waals surface area (Å²) in [6.07, 6.45) is 2.46. The molecule has 2 unspecified atom stereocenters. The van der Waals surface area contributed by atoms with Crippen molar-refractivity contribution >= 4 is 11.6 Å². The molecule has 3 nitrogen and oxygen atoms in total. The summed E-state index contributed by atoms with van der Waals surface area (Å²) in [6.45, 7) is 1.90. The lowest BCUT2D eigenvalue weighted by Crippen LogP contribution is -2.08. The van der Waals surface area contributed by atoms with E-state index in [-0.39, 0.29) is 11.1 Å². The van der Waals surface area contributed by atoms with Gasteiger partial charge in [-0.3, -0.25) is 4.98 Å². The Morgan fingerprint density at radius 1 is 1.38 bits per heavy atom. The zero-order valence-corrected chi connectivity index (χ0v) is 9.56. The smallest absolute Gasteiger partial charge is 0.198 e. The number of pyridine rings is 1. The molecule has 84 valence electrons. The molecule has 1 N–H and O–H groups in total. The van der Waals surface area contributed by atoms with E-state index in [1.807, 2.05) is 25.1 Å². The van der Waals surface area contributed by atoms with E-state index in [0.29, 0.717) is 5.56 Å². The van der Waals surface area contributed by atoms with E-state index in [2.05, 4.69) is 4.98 Å². The Bertz CT molecular complexity index is 455. The molecule has 16 heavy (non-hydrogen) atoms. The molecule has 2 heterocycles. The summed E-state index contributed by atoms with van der Waals surface area (Å²) in [5.41, 5.74) is 1.42. The van der Waals surface area contributed by atoms with Crippen molar-refractivity contribution < 1.29 is 9.52 Å². The number of halogens is 1. The van der Waals surface area contributed by atoms with E-state index < -0.39 is 6.10 Å². The molecule has 0 aliphatic heterocycles. The van der Waals surface area contributed by atoms with Crippen LogP contribution < -0.4 is 0 Å². The molecule has 0 fully saturated rings. The molecule has 0 bridgehead atoms. The van der Waals surface area contributed by atoms with Crippen LogP contribution in [0.2, 0.25) is 5.22 Å². The van der Waals surface area contributed by atoms with E-state index in [1.54, 1.807) is 12.3 Å². The van der Waals surface area contributed by atoms with E-state index >= 15 is 0 Å². The zero-order chi connectivity index (χ0) is 11.5. The summed E-state index contributed by atoms with van der Waals surface area (Å²) >= 11 is 5.82. The maximum absolute atomic E-state index is 10.1. The van der Waals surface area contributed by atoms with E-state index in [4.69, 9.17) is 16.0 Å². The first-order chi connectivity index (χ1) is 7.70. The molecule has 2 rings (SSSR count). The minimum absolute atomic E-state index is 0.128. The van der Waals surface area contributed by atoms with Crippen LogP contribution >= 0.6 is 11.6 Å². The molecular formula is C12H12ClNO2. The highest BCUT2D eigenvalue weighted by Gasteiger charge is 2.22. The number of hydrogen-bond acceptors (Lipinski definition) is 3. The van der Waals surface area contributed by atoms with Gasteiger partial charge in [0.25, 0.3) is 0 Å². The van der Waals surface area contributed by atoms with Gasteiger partial charge in [-0.1, -0.05) is 13.0 Å².